The third kappa shape index (κ3) is 8.77. The van der Waals surface area contributed by atoms with Crippen molar-refractivity contribution in [3.05, 3.63) is 130 Å². The lowest BCUT2D eigenvalue weighted by Gasteiger charge is -2.32. The van der Waals surface area contributed by atoms with Crippen molar-refractivity contribution in [2.75, 3.05) is 39.3 Å². The molecule has 0 amide bonds. The molecule has 0 bridgehead atoms. The number of hydrogen-bond donors (Lipinski definition) is 2. The number of benzene rings is 2. The molecule has 0 aliphatic carbocycles. The van der Waals surface area contributed by atoms with E-state index < -0.39 is 0 Å². The number of nitrogens with zero attached hydrogens (tertiary/aromatic N) is 6. The largest absolute Gasteiger partial charge is 0.328 e. The van der Waals surface area contributed by atoms with Gasteiger partial charge >= 0.3 is 0 Å². The second kappa shape index (κ2) is 16.5. The minimum atomic E-state index is 0.0409. The highest BCUT2D eigenvalue weighted by Crippen LogP contribution is 2.18. The highest BCUT2D eigenvalue weighted by Gasteiger charge is 2.19. The molecule has 2 saturated heterocycles. The summed E-state index contributed by atoms with van der Waals surface area (Å²) in [6.07, 6.45) is 11.5. The summed E-state index contributed by atoms with van der Waals surface area (Å²) in [4.78, 5) is 37.6. The molecule has 0 unspecified atom stereocenters. The summed E-state index contributed by atoms with van der Waals surface area (Å²) in [6, 6.07) is 27.0. The van der Waals surface area contributed by atoms with E-state index in [0.717, 1.165) is 93.3 Å². The first-order valence-corrected chi connectivity index (χ1v) is 18.3. The Balaban J connectivity index is 0.000000175. The quantitative estimate of drug-likeness (QED) is 0.227. The zero-order valence-electron chi connectivity index (χ0n) is 29.2. The Hall–Kier alpha value is -4.74. The van der Waals surface area contributed by atoms with Gasteiger partial charge in [0.05, 0.1) is 23.4 Å². The summed E-state index contributed by atoms with van der Waals surface area (Å²) in [5.74, 6) is 0. The number of fused-ring (bicyclic) bond motifs is 3. The van der Waals surface area contributed by atoms with E-state index in [-0.39, 0.29) is 11.1 Å². The molecule has 0 radical (unpaired) electrons. The van der Waals surface area contributed by atoms with Crippen LogP contribution in [0.5, 0.6) is 0 Å². The monoisotopic (exact) mass is 684 g/mol. The molecule has 8 rings (SSSR count). The van der Waals surface area contributed by atoms with E-state index in [1.807, 2.05) is 33.4 Å². The molecule has 2 aliphatic rings. The van der Waals surface area contributed by atoms with Gasteiger partial charge in [0.15, 0.2) is 0 Å². The molecule has 2 aliphatic heterocycles. The second-order valence-electron chi connectivity index (χ2n) is 13.9. The average molecular weight is 685 g/mol. The topological polar surface area (TPSA) is 114 Å². The van der Waals surface area contributed by atoms with Crippen LogP contribution >= 0.6 is 0 Å². The molecule has 0 atom stereocenters. The van der Waals surface area contributed by atoms with Crippen LogP contribution in [0, 0.1) is 0 Å². The number of rotatable bonds is 9. The molecule has 6 heterocycles. The van der Waals surface area contributed by atoms with Crippen molar-refractivity contribution in [1.82, 2.24) is 34.2 Å². The Morgan fingerprint density at radius 1 is 0.608 bits per heavy atom. The van der Waals surface area contributed by atoms with Crippen LogP contribution in [0.4, 0.5) is 0 Å². The van der Waals surface area contributed by atoms with Crippen LogP contribution in [0.1, 0.15) is 31.2 Å². The molecule has 2 fully saturated rings. The molecule has 51 heavy (non-hydrogen) atoms. The molecule has 3 N–H and O–H groups in total. The third-order valence-electron chi connectivity index (χ3n) is 10.5. The molecule has 6 aromatic rings. The van der Waals surface area contributed by atoms with Crippen LogP contribution in [-0.4, -0.2) is 80.3 Å². The second-order valence-corrected chi connectivity index (χ2v) is 13.9. The van der Waals surface area contributed by atoms with Crippen LogP contribution in [0.25, 0.3) is 32.6 Å². The highest BCUT2D eigenvalue weighted by atomic mass is 16.1. The number of nitrogens with one attached hydrogen (secondary N) is 1. The zero-order chi connectivity index (χ0) is 35.0. The van der Waals surface area contributed by atoms with Gasteiger partial charge in [0, 0.05) is 80.1 Å². The van der Waals surface area contributed by atoms with E-state index in [2.05, 4.69) is 67.5 Å². The van der Waals surface area contributed by atoms with Gasteiger partial charge in [-0.15, -0.1) is 0 Å². The summed E-state index contributed by atoms with van der Waals surface area (Å²) < 4.78 is 3.67. The number of likely N-dealkylation sites (tertiary alicyclic amines) is 2. The first-order valence-electron chi connectivity index (χ1n) is 18.3. The lowest BCUT2D eigenvalue weighted by atomic mass is 10.0. The van der Waals surface area contributed by atoms with E-state index >= 15 is 0 Å². The SMILES string of the molecule is NC1CCN(CCn2c(=O)ccc3ccncc32)CC1.O=c1ccc2ccncc2n1CCN1CCC(NCc2ccc3ccccc3c2)CC1. The molecule has 0 saturated carbocycles. The van der Waals surface area contributed by atoms with Gasteiger partial charge in [-0.1, -0.05) is 36.4 Å². The number of pyridine rings is 4. The van der Waals surface area contributed by atoms with Crippen LogP contribution in [-0.2, 0) is 19.6 Å². The van der Waals surface area contributed by atoms with E-state index in [0.29, 0.717) is 25.2 Å². The molecule has 10 heteroatoms. The van der Waals surface area contributed by atoms with Gasteiger partial charge in [-0.25, -0.2) is 0 Å². The first-order chi connectivity index (χ1) is 25.0. The molecule has 10 nitrogen and oxygen atoms in total. The molecular formula is C41H48N8O2. The van der Waals surface area contributed by atoms with Gasteiger partial charge in [-0.05, 0) is 98.5 Å². The standard InChI is InChI=1S/C26H28N4O.C15H20N4O/c31-26-8-7-22-9-12-27-19-25(22)30(26)16-15-29-13-10-24(11-14-29)28-18-20-5-6-21-3-1-2-4-23(21)17-20;16-13-4-7-18(8-5-13)9-10-19-14-11-17-6-3-12(14)1-2-15(19)20/h1-9,12,17,19,24,28H,10-11,13-16,18H2;1-3,6,11,13H,4-5,7-10,16H2. The van der Waals surface area contributed by atoms with Crippen LogP contribution in [0.3, 0.4) is 0 Å². The molecule has 0 spiro atoms. The number of hydrogen-bond acceptors (Lipinski definition) is 8. The van der Waals surface area contributed by atoms with Gasteiger partial charge in [-0.2, -0.15) is 0 Å². The average Bonchev–Trinajstić information content (AvgIpc) is 3.17. The van der Waals surface area contributed by atoms with Crippen molar-refractivity contribution >= 4 is 32.6 Å². The molecule has 264 valence electrons. The maximum absolute atomic E-state index is 12.4. The Labute approximate surface area is 298 Å². The fourth-order valence-electron chi connectivity index (χ4n) is 7.36. The predicted molar refractivity (Wildman–Crippen MR) is 206 cm³/mol. The van der Waals surface area contributed by atoms with Crippen molar-refractivity contribution < 1.29 is 0 Å². The Kier molecular flexibility index (Phi) is 11.2. The van der Waals surface area contributed by atoms with E-state index in [1.54, 1.807) is 36.9 Å². The molecular weight excluding hydrogens is 637 g/mol. The van der Waals surface area contributed by atoms with Gasteiger partial charge in [0.2, 0.25) is 0 Å². The summed E-state index contributed by atoms with van der Waals surface area (Å²) in [5, 5.41) is 8.45. The van der Waals surface area contributed by atoms with Crippen molar-refractivity contribution in [2.24, 2.45) is 5.73 Å². The minimum absolute atomic E-state index is 0.0409. The number of piperidine rings is 2. The first kappa shape index (κ1) is 34.7. The Morgan fingerprint density at radius 2 is 1.14 bits per heavy atom. The van der Waals surface area contributed by atoms with Crippen molar-refractivity contribution in [3.8, 4) is 0 Å². The van der Waals surface area contributed by atoms with E-state index in [1.165, 1.54) is 16.3 Å². The van der Waals surface area contributed by atoms with E-state index in [4.69, 9.17) is 5.73 Å². The molecule has 4 aromatic heterocycles. The fourth-order valence-corrected chi connectivity index (χ4v) is 7.36. The summed E-state index contributed by atoms with van der Waals surface area (Å²) in [6.45, 7) is 8.28. The normalized spacial score (nSPS) is 16.4. The summed E-state index contributed by atoms with van der Waals surface area (Å²) >= 11 is 0. The zero-order valence-corrected chi connectivity index (χ0v) is 29.2. The summed E-state index contributed by atoms with van der Waals surface area (Å²) in [5.41, 5.74) is 9.17. The smallest absolute Gasteiger partial charge is 0.251 e. The van der Waals surface area contributed by atoms with E-state index in [9.17, 15) is 9.59 Å². The van der Waals surface area contributed by atoms with Gasteiger partial charge in [-0.3, -0.25) is 19.6 Å². The Bertz CT molecular complexity index is 2180. The minimum Gasteiger partial charge on any atom is -0.328 e. The van der Waals surface area contributed by atoms with Crippen LogP contribution in [0.15, 0.2) is 113 Å². The Morgan fingerprint density at radius 3 is 1.73 bits per heavy atom. The fraction of sp³-hybridized carbons (Fsp3) is 0.366. The summed E-state index contributed by atoms with van der Waals surface area (Å²) in [7, 11) is 0. The van der Waals surface area contributed by atoms with Crippen LogP contribution in [0.2, 0.25) is 0 Å². The molecule has 2 aromatic carbocycles. The lowest BCUT2D eigenvalue weighted by Crippen LogP contribution is -2.43. The number of nitrogens with two attached hydrogens (primary N) is 1. The van der Waals surface area contributed by atoms with Gasteiger partial charge in [0.25, 0.3) is 11.1 Å². The maximum Gasteiger partial charge on any atom is 0.251 e. The lowest BCUT2D eigenvalue weighted by molar-refractivity contribution is 0.191. The van der Waals surface area contributed by atoms with Gasteiger partial charge in [0.1, 0.15) is 0 Å². The van der Waals surface area contributed by atoms with Crippen molar-refractivity contribution in [3.63, 3.8) is 0 Å². The third-order valence-corrected chi connectivity index (χ3v) is 10.5. The predicted octanol–water partition coefficient (Wildman–Crippen LogP) is 4.62. The maximum atomic E-state index is 12.4. The van der Waals surface area contributed by atoms with Crippen molar-refractivity contribution in [2.45, 2.75) is 57.4 Å². The van der Waals surface area contributed by atoms with Crippen molar-refractivity contribution in [1.29, 1.82) is 0 Å². The highest BCUT2D eigenvalue weighted by molar-refractivity contribution is 5.83. The van der Waals surface area contributed by atoms with Crippen LogP contribution < -0.4 is 22.2 Å². The van der Waals surface area contributed by atoms with Gasteiger partial charge < -0.3 is 30.0 Å². The number of aromatic nitrogens is 4.